The van der Waals surface area contributed by atoms with Crippen LogP contribution in [0.2, 0.25) is 0 Å². The van der Waals surface area contributed by atoms with E-state index in [1.165, 1.54) is 68.1 Å². The molecule has 0 atom stereocenters. The molecule has 2 aromatic heterocycles. The summed E-state index contributed by atoms with van der Waals surface area (Å²) in [5.41, 5.74) is 5.72. The number of nitrogens with zero attached hydrogens (tertiary/aromatic N) is 1. The second kappa shape index (κ2) is 14.7. The Morgan fingerprint density at radius 2 is 1.71 bits per heavy atom. The number of aromatic nitrogens is 1. The molecule has 1 aliphatic carbocycles. The minimum absolute atomic E-state index is 0.0507. The number of phenols is 2. The number of fused-ring (bicyclic) bond motifs is 1. The summed E-state index contributed by atoms with van der Waals surface area (Å²) in [5, 5.41) is 34.5. The Labute approximate surface area is 297 Å². The lowest BCUT2D eigenvalue weighted by Crippen LogP contribution is -2.43. The van der Waals surface area contributed by atoms with E-state index >= 15 is 0 Å². The van der Waals surface area contributed by atoms with Crippen LogP contribution in [0.4, 0.5) is 5.82 Å². The van der Waals surface area contributed by atoms with Crippen molar-refractivity contribution in [2.24, 2.45) is 0 Å². The number of H-pyrrole nitrogens is 1. The lowest BCUT2D eigenvalue weighted by atomic mass is 9.85. The molecule has 3 heterocycles. The summed E-state index contributed by atoms with van der Waals surface area (Å²) in [6, 6.07) is 18.7. The van der Waals surface area contributed by atoms with E-state index in [4.69, 9.17) is 13.9 Å². The Morgan fingerprint density at radius 3 is 2.43 bits per heavy atom. The first-order valence-corrected chi connectivity index (χ1v) is 18.0. The fourth-order valence-corrected chi connectivity index (χ4v) is 7.67. The molecular weight excluding hydrogens is 646 g/mol. The molecule has 0 radical (unpaired) electrons. The zero-order chi connectivity index (χ0) is 35.5. The van der Waals surface area contributed by atoms with Crippen LogP contribution in [0.25, 0.3) is 33.4 Å². The number of benzene rings is 3. The van der Waals surface area contributed by atoms with Crippen LogP contribution in [0.3, 0.4) is 0 Å². The Balaban J connectivity index is 1.28. The summed E-state index contributed by atoms with van der Waals surface area (Å²) < 4.78 is 18.0. The van der Waals surface area contributed by atoms with Crippen molar-refractivity contribution in [3.8, 4) is 45.4 Å². The maximum atomic E-state index is 13.8. The van der Waals surface area contributed by atoms with E-state index in [2.05, 4.69) is 52.5 Å². The van der Waals surface area contributed by atoms with Gasteiger partial charge in [0.25, 0.3) is 0 Å². The molecular formula is C41H47N3O7. The largest absolute Gasteiger partial charge is 0.508 e. The van der Waals surface area contributed by atoms with Crippen molar-refractivity contribution >= 4 is 16.8 Å². The predicted octanol–water partition coefficient (Wildman–Crippen LogP) is 6.66. The molecule has 3 aromatic carbocycles. The second-order valence-electron chi connectivity index (χ2n) is 14.0. The number of aryl methyl sites for hydroxylation is 2. The minimum Gasteiger partial charge on any atom is -0.508 e. The summed E-state index contributed by atoms with van der Waals surface area (Å²) in [7, 11) is 1.42. The summed E-state index contributed by atoms with van der Waals surface area (Å²) >= 11 is 0. The van der Waals surface area contributed by atoms with Gasteiger partial charge in [-0.25, -0.2) is 0 Å². The zero-order valence-electron chi connectivity index (χ0n) is 29.4. The van der Waals surface area contributed by atoms with Crippen molar-refractivity contribution in [3.63, 3.8) is 0 Å². The summed E-state index contributed by atoms with van der Waals surface area (Å²) in [6.45, 7) is 6.17. The van der Waals surface area contributed by atoms with Gasteiger partial charge >= 0.3 is 0 Å². The molecule has 1 saturated carbocycles. The van der Waals surface area contributed by atoms with E-state index in [1.54, 1.807) is 12.1 Å². The highest BCUT2D eigenvalue weighted by Gasteiger charge is 2.34. The van der Waals surface area contributed by atoms with Gasteiger partial charge in [-0.2, -0.15) is 0 Å². The SMILES string of the molecule is COc1c(O)c(CCc2cccc(-c3cc(C4(C)CCCC4)[nH]c3N3CCNCC3)c2)c2oc(-c3ccc(O)cc3)cc(=O)c2c1OCCCO. The highest BCUT2D eigenvalue weighted by molar-refractivity contribution is 5.93. The quantitative estimate of drug-likeness (QED) is 0.0908. The molecule has 7 rings (SSSR count). The number of aromatic amines is 1. The predicted molar refractivity (Wildman–Crippen MR) is 200 cm³/mol. The second-order valence-corrected chi connectivity index (χ2v) is 14.0. The van der Waals surface area contributed by atoms with E-state index < -0.39 is 0 Å². The number of methoxy groups -OCH3 is 1. The van der Waals surface area contributed by atoms with Crippen LogP contribution in [-0.4, -0.2) is 66.8 Å². The molecule has 10 nitrogen and oxygen atoms in total. The lowest BCUT2D eigenvalue weighted by Gasteiger charge is -2.30. The van der Waals surface area contributed by atoms with Crippen LogP contribution < -0.4 is 25.1 Å². The normalized spacial score (nSPS) is 15.8. The third-order valence-corrected chi connectivity index (χ3v) is 10.5. The van der Waals surface area contributed by atoms with Gasteiger partial charge in [-0.3, -0.25) is 4.79 Å². The number of rotatable bonds is 12. The highest BCUT2D eigenvalue weighted by atomic mass is 16.5. The van der Waals surface area contributed by atoms with Crippen LogP contribution in [-0.2, 0) is 18.3 Å². The Bertz CT molecular complexity index is 2050. The summed E-state index contributed by atoms with van der Waals surface area (Å²) in [4.78, 5) is 20.1. The minimum atomic E-state index is -0.362. The first-order chi connectivity index (χ1) is 24.8. The van der Waals surface area contributed by atoms with Gasteiger partial charge in [0, 0.05) is 73.1 Å². The average molecular weight is 694 g/mol. The van der Waals surface area contributed by atoms with Crippen LogP contribution in [0.15, 0.2) is 69.9 Å². The molecule has 0 unspecified atom stereocenters. The van der Waals surface area contributed by atoms with Crippen LogP contribution in [0.5, 0.6) is 23.0 Å². The van der Waals surface area contributed by atoms with Gasteiger partial charge in [0.15, 0.2) is 16.9 Å². The third-order valence-electron chi connectivity index (χ3n) is 10.5. The van der Waals surface area contributed by atoms with E-state index in [1.807, 2.05) is 0 Å². The molecule has 2 fully saturated rings. The number of anilines is 1. The van der Waals surface area contributed by atoms with Gasteiger partial charge in [0.05, 0.1) is 13.7 Å². The van der Waals surface area contributed by atoms with Gasteiger partial charge < -0.3 is 44.4 Å². The first kappa shape index (κ1) is 34.5. The summed E-state index contributed by atoms with van der Waals surface area (Å²) in [6.07, 6.45) is 6.11. The van der Waals surface area contributed by atoms with E-state index in [9.17, 15) is 20.1 Å². The van der Waals surface area contributed by atoms with Crippen molar-refractivity contribution in [2.75, 3.05) is 51.4 Å². The van der Waals surface area contributed by atoms with Crippen LogP contribution >= 0.6 is 0 Å². The number of hydrogen-bond acceptors (Lipinski definition) is 9. The topological polar surface area (TPSA) is 140 Å². The van der Waals surface area contributed by atoms with Crippen LogP contribution in [0.1, 0.15) is 55.8 Å². The van der Waals surface area contributed by atoms with Gasteiger partial charge in [-0.05, 0) is 67.1 Å². The number of aliphatic hydroxyl groups is 1. The van der Waals surface area contributed by atoms with Gasteiger partial charge in [-0.15, -0.1) is 0 Å². The van der Waals surface area contributed by atoms with Gasteiger partial charge in [0.1, 0.15) is 28.3 Å². The highest BCUT2D eigenvalue weighted by Crippen LogP contribution is 2.47. The van der Waals surface area contributed by atoms with Crippen molar-refractivity contribution < 1.29 is 29.2 Å². The number of phenolic OH excluding ortho intramolecular Hbond substituents is 2. The Morgan fingerprint density at radius 1 is 0.941 bits per heavy atom. The molecule has 268 valence electrons. The first-order valence-electron chi connectivity index (χ1n) is 18.0. The molecule has 0 amide bonds. The monoisotopic (exact) mass is 693 g/mol. The van der Waals surface area contributed by atoms with Crippen LogP contribution in [0, 0.1) is 0 Å². The van der Waals surface area contributed by atoms with Crippen molar-refractivity contribution in [3.05, 3.63) is 87.7 Å². The number of nitrogens with one attached hydrogen (secondary N) is 2. The molecule has 5 N–H and O–H groups in total. The number of piperazine rings is 1. The Kier molecular flexibility index (Phi) is 9.97. The van der Waals surface area contributed by atoms with Gasteiger partial charge in [0.2, 0.25) is 5.75 Å². The molecule has 1 saturated heterocycles. The standard InChI is InChI=1S/C41H47N3O7/c1-41(15-3-4-16-41)34-24-31(40(43-34)44-19-17-42-18-20-44)28-8-5-7-26(23-28)9-14-30-36(48)39(49-2)38(50-22-6-21-45)35-32(47)25-33(51-37(30)35)27-10-12-29(46)13-11-27/h5,7-8,10-13,23-25,42-43,45-46,48H,3-4,6,9,14-22H2,1-2H3. The number of aliphatic hydroxyl groups excluding tert-OH is 1. The number of ether oxygens (including phenoxy) is 2. The van der Waals surface area contributed by atoms with E-state index in [-0.39, 0.29) is 58.0 Å². The molecule has 5 aromatic rings. The van der Waals surface area contributed by atoms with Crippen molar-refractivity contribution in [1.29, 1.82) is 0 Å². The molecule has 51 heavy (non-hydrogen) atoms. The zero-order valence-corrected chi connectivity index (χ0v) is 29.4. The van der Waals surface area contributed by atoms with E-state index in [0.717, 1.165) is 37.3 Å². The molecule has 0 spiro atoms. The molecule has 0 bridgehead atoms. The maximum Gasteiger partial charge on any atom is 0.204 e. The van der Waals surface area contributed by atoms with Crippen molar-refractivity contribution in [1.82, 2.24) is 10.3 Å². The number of hydrogen-bond donors (Lipinski definition) is 5. The number of aromatic hydroxyl groups is 2. The molecule has 10 heteroatoms. The Hall–Kier alpha value is -4.93. The lowest BCUT2D eigenvalue weighted by molar-refractivity contribution is 0.228. The maximum absolute atomic E-state index is 13.8. The molecule has 1 aliphatic heterocycles. The summed E-state index contributed by atoms with van der Waals surface area (Å²) in [5.74, 6) is 1.53. The van der Waals surface area contributed by atoms with Crippen molar-refractivity contribution in [2.45, 2.75) is 57.3 Å². The van der Waals surface area contributed by atoms with E-state index in [0.29, 0.717) is 36.1 Å². The fourth-order valence-electron chi connectivity index (χ4n) is 7.67. The smallest absolute Gasteiger partial charge is 0.204 e. The third kappa shape index (κ3) is 6.90. The average Bonchev–Trinajstić information content (AvgIpc) is 3.80. The van der Waals surface area contributed by atoms with Gasteiger partial charge in [-0.1, -0.05) is 44.0 Å². The molecule has 2 aliphatic rings. The fraction of sp³-hybridized carbons (Fsp3) is 0.390.